The van der Waals surface area contributed by atoms with Gasteiger partial charge in [-0.25, -0.2) is 9.78 Å². The summed E-state index contributed by atoms with van der Waals surface area (Å²) >= 11 is 0. The summed E-state index contributed by atoms with van der Waals surface area (Å²) in [6.07, 6.45) is 2.54. The molecule has 1 atom stereocenters. The van der Waals surface area contributed by atoms with Crippen LogP contribution in [0.5, 0.6) is 5.88 Å². The number of carboxylic acids is 1. The molecule has 1 aromatic heterocycles. The zero-order valence-electron chi connectivity index (χ0n) is 14.9. The fourth-order valence-electron chi connectivity index (χ4n) is 2.56. The Bertz CT molecular complexity index is 631. The van der Waals surface area contributed by atoms with Gasteiger partial charge in [0.15, 0.2) is 0 Å². The molecule has 9 nitrogen and oxygen atoms in total. The van der Waals surface area contributed by atoms with Crippen molar-refractivity contribution in [3.05, 3.63) is 18.1 Å². The van der Waals surface area contributed by atoms with Gasteiger partial charge in [0.1, 0.15) is 17.3 Å². The molecular formula is C16H24N4O5. The van der Waals surface area contributed by atoms with Gasteiger partial charge in [-0.05, 0) is 20.8 Å². The van der Waals surface area contributed by atoms with Crippen molar-refractivity contribution in [3.63, 3.8) is 0 Å². The predicted molar refractivity (Wildman–Crippen MR) is 88.2 cm³/mol. The number of hydrogen-bond donors (Lipinski definition) is 1. The highest BCUT2D eigenvalue weighted by Crippen LogP contribution is 2.19. The largest absolute Gasteiger partial charge is 0.480 e. The fourth-order valence-corrected chi connectivity index (χ4v) is 2.56. The van der Waals surface area contributed by atoms with Crippen LogP contribution in [0.25, 0.3) is 0 Å². The molecule has 1 aliphatic rings. The van der Waals surface area contributed by atoms with E-state index >= 15 is 0 Å². The van der Waals surface area contributed by atoms with E-state index in [0.717, 1.165) is 0 Å². The quantitative estimate of drug-likeness (QED) is 0.855. The third kappa shape index (κ3) is 5.02. The van der Waals surface area contributed by atoms with Gasteiger partial charge < -0.3 is 19.5 Å². The number of carboxylic acid groups (broad SMARTS) is 1. The first-order valence-corrected chi connectivity index (χ1v) is 8.00. The topological polar surface area (TPSA) is 105 Å². The molecule has 2 rings (SSSR count). The molecule has 138 valence electrons. The van der Waals surface area contributed by atoms with Gasteiger partial charge in [0.05, 0.1) is 13.7 Å². The van der Waals surface area contributed by atoms with Crippen LogP contribution in [-0.4, -0.2) is 75.3 Å². The summed E-state index contributed by atoms with van der Waals surface area (Å²) < 4.78 is 10.5. The predicted octanol–water partition coefficient (Wildman–Crippen LogP) is 0.991. The standard InChI is InChI=1S/C16H24N4O5/c1-16(2,3)25-15(23)20-8-7-19(12(10-20)14(21)22)9-11-13(24-4)18-6-5-17-11/h5-6,12H,7-10H2,1-4H3,(H,21,22)/t12-/m1/s1. The number of aromatic nitrogens is 2. The first-order valence-electron chi connectivity index (χ1n) is 8.00. The number of nitrogens with zero attached hydrogens (tertiary/aromatic N) is 4. The van der Waals surface area contributed by atoms with Gasteiger partial charge in [-0.2, -0.15) is 0 Å². The number of ether oxygens (including phenoxy) is 2. The Morgan fingerprint density at radius 3 is 2.56 bits per heavy atom. The fraction of sp³-hybridized carbons (Fsp3) is 0.625. The maximum atomic E-state index is 12.2. The number of amides is 1. The average Bonchev–Trinajstić information content (AvgIpc) is 2.53. The molecule has 25 heavy (non-hydrogen) atoms. The number of methoxy groups -OCH3 is 1. The van der Waals surface area contributed by atoms with E-state index in [4.69, 9.17) is 9.47 Å². The lowest BCUT2D eigenvalue weighted by atomic mass is 10.1. The zero-order valence-corrected chi connectivity index (χ0v) is 14.9. The van der Waals surface area contributed by atoms with Crippen LogP contribution in [-0.2, 0) is 16.1 Å². The first-order chi connectivity index (χ1) is 11.7. The van der Waals surface area contributed by atoms with Crippen LogP contribution in [0.4, 0.5) is 4.79 Å². The van der Waals surface area contributed by atoms with Gasteiger partial charge in [-0.3, -0.25) is 14.7 Å². The van der Waals surface area contributed by atoms with Crippen molar-refractivity contribution in [1.82, 2.24) is 19.8 Å². The minimum atomic E-state index is -1.00. The summed E-state index contributed by atoms with van der Waals surface area (Å²) in [4.78, 5) is 35.3. The van der Waals surface area contributed by atoms with E-state index in [1.807, 2.05) is 0 Å². The second-order valence-electron chi connectivity index (χ2n) is 6.76. The molecule has 0 spiro atoms. The highest BCUT2D eigenvalue weighted by Gasteiger charge is 2.36. The van der Waals surface area contributed by atoms with Crippen LogP contribution >= 0.6 is 0 Å². The molecule has 1 fully saturated rings. The van der Waals surface area contributed by atoms with Crippen molar-refractivity contribution in [2.45, 2.75) is 39.0 Å². The zero-order chi connectivity index (χ0) is 18.6. The van der Waals surface area contributed by atoms with Crippen LogP contribution < -0.4 is 4.74 Å². The number of carbonyl (C=O) groups is 2. The number of aliphatic carboxylic acids is 1. The maximum absolute atomic E-state index is 12.2. The van der Waals surface area contributed by atoms with E-state index in [0.29, 0.717) is 24.7 Å². The Kier molecular flexibility index (Phi) is 5.78. The lowest BCUT2D eigenvalue weighted by Gasteiger charge is -2.39. The number of rotatable bonds is 4. The number of piperazine rings is 1. The molecule has 1 amide bonds. The van der Waals surface area contributed by atoms with E-state index in [1.165, 1.54) is 24.4 Å². The minimum absolute atomic E-state index is 0.0484. The Hall–Kier alpha value is -2.42. The van der Waals surface area contributed by atoms with Crippen molar-refractivity contribution >= 4 is 12.1 Å². The summed E-state index contributed by atoms with van der Waals surface area (Å²) in [5.41, 5.74) is -0.0677. The van der Waals surface area contributed by atoms with Gasteiger partial charge >= 0.3 is 12.1 Å². The minimum Gasteiger partial charge on any atom is -0.480 e. The summed E-state index contributed by atoms with van der Waals surface area (Å²) in [5, 5.41) is 9.56. The molecule has 0 saturated carbocycles. The van der Waals surface area contributed by atoms with Crippen molar-refractivity contribution in [2.75, 3.05) is 26.7 Å². The molecule has 0 bridgehead atoms. The average molecular weight is 352 g/mol. The lowest BCUT2D eigenvalue weighted by Crippen LogP contribution is -2.57. The van der Waals surface area contributed by atoms with Gasteiger partial charge in [0.2, 0.25) is 5.88 Å². The Morgan fingerprint density at radius 1 is 1.28 bits per heavy atom. The van der Waals surface area contributed by atoms with E-state index in [2.05, 4.69) is 9.97 Å². The van der Waals surface area contributed by atoms with Crippen LogP contribution in [0.2, 0.25) is 0 Å². The summed E-state index contributed by atoms with van der Waals surface area (Å²) in [6.45, 7) is 6.41. The first kappa shape index (κ1) is 18.9. The van der Waals surface area contributed by atoms with Gasteiger partial charge in [-0.1, -0.05) is 0 Å². The summed E-state index contributed by atoms with van der Waals surface area (Å²) in [6, 6.07) is -0.854. The van der Waals surface area contributed by atoms with Crippen molar-refractivity contribution in [3.8, 4) is 5.88 Å². The molecule has 1 aliphatic heterocycles. The molecule has 9 heteroatoms. The second kappa shape index (κ2) is 7.64. The third-order valence-corrected chi connectivity index (χ3v) is 3.71. The van der Waals surface area contributed by atoms with E-state index < -0.39 is 23.7 Å². The summed E-state index contributed by atoms with van der Waals surface area (Å²) in [7, 11) is 1.49. The molecule has 1 aromatic rings. The molecule has 0 aromatic carbocycles. The molecule has 0 radical (unpaired) electrons. The third-order valence-electron chi connectivity index (χ3n) is 3.71. The van der Waals surface area contributed by atoms with Gasteiger partial charge in [-0.15, -0.1) is 0 Å². The summed E-state index contributed by atoms with van der Waals surface area (Å²) in [5.74, 6) is -0.641. The highest BCUT2D eigenvalue weighted by atomic mass is 16.6. The maximum Gasteiger partial charge on any atom is 0.410 e. The smallest absolute Gasteiger partial charge is 0.410 e. The van der Waals surface area contributed by atoms with Crippen LogP contribution in [0, 0.1) is 0 Å². The van der Waals surface area contributed by atoms with Crippen molar-refractivity contribution in [1.29, 1.82) is 0 Å². The Morgan fingerprint density at radius 2 is 1.96 bits per heavy atom. The molecule has 0 aliphatic carbocycles. The Labute approximate surface area is 146 Å². The molecule has 1 N–H and O–H groups in total. The van der Waals surface area contributed by atoms with Crippen LogP contribution in [0.1, 0.15) is 26.5 Å². The normalized spacial score (nSPS) is 18.7. The monoisotopic (exact) mass is 352 g/mol. The van der Waals surface area contributed by atoms with E-state index in [-0.39, 0.29) is 13.1 Å². The van der Waals surface area contributed by atoms with Gasteiger partial charge in [0.25, 0.3) is 0 Å². The molecular weight excluding hydrogens is 328 g/mol. The SMILES string of the molecule is COc1nccnc1CN1CCN(C(=O)OC(C)(C)C)C[C@@H]1C(=O)O. The number of hydrogen-bond acceptors (Lipinski definition) is 7. The van der Waals surface area contributed by atoms with E-state index in [1.54, 1.807) is 25.7 Å². The van der Waals surface area contributed by atoms with Gasteiger partial charge in [0, 0.05) is 32.0 Å². The second-order valence-corrected chi connectivity index (χ2v) is 6.76. The van der Waals surface area contributed by atoms with Crippen LogP contribution in [0.15, 0.2) is 12.4 Å². The molecule has 2 heterocycles. The Balaban J connectivity index is 2.09. The highest BCUT2D eigenvalue weighted by molar-refractivity contribution is 5.76. The number of carbonyl (C=O) groups excluding carboxylic acids is 1. The lowest BCUT2D eigenvalue weighted by molar-refractivity contribution is -0.145. The molecule has 1 saturated heterocycles. The van der Waals surface area contributed by atoms with Crippen molar-refractivity contribution < 1.29 is 24.2 Å². The van der Waals surface area contributed by atoms with Crippen molar-refractivity contribution in [2.24, 2.45) is 0 Å². The molecule has 0 unspecified atom stereocenters. The van der Waals surface area contributed by atoms with Crippen LogP contribution in [0.3, 0.4) is 0 Å². The van der Waals surface area contributed by atoms with E-state index in [9.17, 15) is 14.7 Å².